The van der Waals surface area contributed by atoms with Crippen molar-refractivity contribution in [1.82, 2.24) is 5.32 Å². The van der Waals surface area contributed by atoms with Gasteiger partial charge >= 0.3 is 0 Å². The lowest BCUT2D eigenvalue weighted by molar-refractivity contribution is 0.401. The molecule has 1 aromatic rings. The van der Waals surface area contributed by atoms with Crippen molar-refractivity contribution in [1.29, 1.82) is 0 Å². The number of nitrogens with one attached hydrogen (secondary N) is 1. The molecule has 0 amide bonds. The minimum absolute atomic E-state index is 0.158. The Morgan fingerprint density at radius 3 is 2.14 bits per heavy atom. The maximum absolute atomic E-state index is 6.05. The van der Waals surface area contributed by atoms with Gasteiger partial charge in [-0.25, -0.2) is 0 Å². The maximum atomic E-state index is 6.05. The van der Waals surface area contributed by atoms with E-state index in [9.17, 15) is 0 Å². The summed E-state index contributed by atoms with van der Waals surface area (Å²) < 4.78 is 0. The van der Waals surface area contributed by atoms with Gasteiger partial charge in [0.15, 0.2) is 0 Å². The average molecular weight is 288 g/mol. The van der Waals surface area contributed by atoms with Crippen LogP contribution in [0.25, 0.3) is 0 Å². The fraction of sp³-hybridized carbons (Fsp3) is 0.579. The maximum Gasteiger partial charge on any atom is 0.0606 e. The predicted molar refractivity (Wildman–Crippen MR) is 93.5 cm³/mol. The normalized spacial score (nSPS) is 13.1. The van der Waals surface area contributed by atoms with Gasteiger partial charge < -0.3 is 5.73 Å². The molecule has 2 nitrogen and oxygen atoms in total. The van der Waals surface area contributed by atoms with Crippen molar-refractivity contribution >= 4 is 0 Å². The van der Waals surface area contributed by atoms with Crippen LogP contribution in [0.15, 0.2) is 24.3 Å². The van der Waals surface area contributed by atoms with E-state index in [4.69, 9.17) is 5.73 Å². The predicted octanol–water partition coefficient (Wildman–Crippen LogP) is 4.20. The molecule has 0 atom stereocenters. The highest BCUT2D eigenvalue weighted by atomic mass is 15.1. The van der Waals surface area contributed by atoms with Crippen molar-refractivity contribution in [3.05, 3.63) is 46.5 Å². The summed E-state index contributed by atoms with van der Waals surface area (Å²) in [6, 6.07) is 4.68. The molecule has 0 bridgehead atoms. The molecule has 0 fully saturated rings. The Morgan fingerprint density at radius 2 is 1.67 bits per heavy atom. The van der Waals surface area contributed by atoms with Crippen LogP contribution in [-0.4, -0.2) is 5.66 Å². The number of benzene rings is 1. The van der Waals surface area contributed by atoms with E-state index in [1.54, 1.807) is 0 Å². The Morgan fingerprint density at radius 1 is 1.10 bits per heavy atom. The summed E-state index contributed by atoms with van der Waals surface area (Å²) in [6.45, 7) is 15.9. The van der Waals surface area contributed by atoms with E-state index in [0.29, 0.717) is 0 Å². The third-order valence-electron chi connectivity index (χ3n) is 3.80. The van der Waals surface area contributed by atoms with Gasteiger partial charge in [-0.15, -0.1) is 0 Å². The van der Waals surface area contributed by atoms with Gasteiger partial charge in [-0.3, -0.25) is 5.32 Å². The SMILES string of the molecule is C/C=C\Cc1cc(C(C)(C)C)cc(CNC(C)(C)N)c1C. The van der Waals surface area contributed by atoms with Crippen LogP contribution in [0.1, 0.15) is 63.8 Å². The summed E-state index contributed by atoms with van der Waals surface area (Å²) >= 11 is 0. The zero-order valence-corrected chi connectivity index (χ0v) is 14.8. The summed E-state index contributed by atoms with van der Waals surface area (Å²) in [6.07, 6.45) is 5.33. The van der Waals surface area contributed by atoms with Crippen LogP contribution in [0.4, 0.5) is 0 Å². The minimum Gasteiger partial charge on any atom is -0.314 e. The van der Waals surface area contributed by atoms with Crippen LogP contribution in [0, 0.1) is 6.92 Å². The number of allylic oxidation sites excluding steroid dienone is 2. The molecule has 0 aromatic heterocycles. The summed E-state index contributed by atoms with van der Waals surface area (Å²) in [4.78, 5) is 0. The molecule has 0 aliphatic carbocycles. The second-order valence-electron chi connectivity index (χ2n) is 7.52. The van der Waals surface area contributed by atoms with Crippen molar-refractivity contribution in [2.75, 3.05) is 0 Å². The van der Waals surface area contributed by atoms with Gasteiger partial charge in [0.25, 0.3) is 0 Å². The second-order valence-corrected chi connectivity index (χ2v) is 7.52. The molecule has 2 heteroatoms. The molecule has 0 radical (unpaired) electrons. The fourth-order valence-corrected chi connectivity index (χ4v) is 2.24. The van der Waals surface area contributed by atoms with E-state index in [0.717, 1.165) is 13.0 Å². The van der Waals surface area contributed by atoms with Crippen molar-refractivity contribution in [3.8, 4) is 0 Å². The fourth-order valence-electron chi connectivity index (χ4n) is 2.24. The first kappa shape index (κ1) is 17.9. The van der Waals surface area contributed by atoms with Gasteiger partial charge in [-0.05, 0) is 61.8 Å². The zero-order chi connectivity index (χ0) is 16.3. The lowest BCUT2D eigenvalue weighted by Gasteiger charge is -2.25. The van der Waals surface area contributed by atoms with Gasteiger partial charge in [-0.2, -0.15) is 0 Å². The largest absolute Gasteiger partial charge is 0.314 e. The highest BCUT2D eigenvalue weighted by Gasteiger charge is 2.18. The van der Waals surface area contributed by atoms with E-state index in [2.05, 4.69) is 64.2 Å². The molecule has 0 heterocycles. The number of nitrogens with two attached hydrogens (primary N) is 1. The highest BCUT2D eigenvalue weighted by molar-refractivity contribution is 5.42. The molecule has 1 rings (SSSR count). The third-order valence-corrected chi connectivity index (χ3v) is 3.80. The Balaban J connectivity index is 3.21. The van der Waals surface area contributed by atoms with Crippen LogP contribution >= 0.6 is 0 Å². The van der Waals surface area contributed by atoms with E-state index in [-0.39, 0.29) is 11.1 Å². The lowest BCUT2D eigenvalue weighted by atomic mass is 9.83. The smallest absolute Gasteiger partial charge is 0.0606 e. The quantitative estimate of drug-likeness (QED) is 0.629. The monoisotopic (exact) mass is 288 g/mol. The standard InChI is InChI=1S/C19H32N2/c1-8-9-10-15-11-17(18(3,4)5)12-16(14(15)2)13-21-19(6,7)20/h8-9,11-12,21H,10,13,20H2,1-7H3/b9-8-. The lowest BCUT2D eigenvalue weighted by Crippen LogP contribution is -2.47. The Labute approximate surface area is 130 Å². The second kappa shape index (κ2) is 6.76. The Hall–Kier alpha value is -1.12. The van der Waals surface area contributed by atoms with Crippen LogP contribution < -0.4 is 11.1 Å². The van der Waals surface area contributed by atoms with Crippen LogP contribution in [0.2, 0.25) is 0 Å². The molecule has 0 aliphatic heterocycles. The van der Waals surface area contributed by atoms with E-state index in [1.165, 1.54) is 22.3 Å². The number of rotatable bonds is 5. The minimum atomic E-state index is -0.354. The van der Waals surface area contributed by atoms with E-state index < -0.39 is 0 Å². The van der Waals surface area contributed by atoms with Crippen molar-refractivity contribution in [3.63, 3.8) is 0 Å². The van der Waals surface area contributed by atoms with Crippen molar-refractivity contribution in [2.24, 2.45) is 5.73 Å². The highest BCUT2D eigenvalue weighted by Crippen LogP contribution is 2.27. The third kappa shape index (κ3) is 5.64. The molecule has 1 aromatic carbocycles. The van der Waals surface area contributed by atoms with Crippen LogP contribution in [0.5, 0.6) is 0 Å². The van der Waals surface area contributed by atoms with Gasteiger partial charge in [0.2, 0.25) is 0 Å². The van der Waals surface area contributed by atoms with Gasteiger partial charge in [0.05, 0.1) is 5.66 Å². The van der Waals surface area contributed by atoms with Crippen molar-refractivity contribution in [2.45, 2.75) is 72.5 Å². The molecular formula is C19H32N2. The molecule has 3 N–H and O–H groups in total. The zero-order valence-electron chi connectivity index (χ0n) is 14.8. The van der Waals surface area contributed by atoms with Gasteiger partial charge in [-0.1, -0.05) is 45.1 Å². The van der Waals surface area contributed by atoms with Gasteiger partial charge in [0, 0.05) is 6.54 Å². The molecule has 21 heavy (non-hydrogen) atoms. The molecule has 0 unspecified atom stereocenters. The molecule has 0 saturated carbocycles. The number of hydrogen-bond acceptors (Lipinski definition) is 2. The molecular weight excluding hydrogens is 256 g/mol. The average Bonchev–Trinajstić information content (AvgIpc) is 2.33. The van der Waals surface area contributed by atoms with E-state index >= 15 is 0 Å². The number of hydrogen-bond donors (Lipinski definition) is 2. The summed E-state index contributed by atoms with van der Waals surface area (Å²) in [7, 11) is 0. The first-order chi connectivity index (χ1) is 9.54. The molecule has 0 saturated heterocycles. The molecule has 0 aliphatic rings. The first-order valence-electron chi connectivity index (χ1n) is 7.82. The van der Waals surface area contributed by atoms with E-state index in [1.807, 2.05) is 13.8 Å². The molecule has 0 spiro atoms. The van der Waals surface area contributed by atoms with Crippen molar-refractivity contribution < 1.29 is 0 Å². The van der Waals surface area contributed by atoms with Crippen LogP contribution in [-0.2, 0) is 18.4 Å². The molecule has 118 valence electrons. The Bertz CT molecular complexity index is 500. The summed E-state index contributed by atoms with van der Waals surface area (Å²) in [5, 5.41) is 3.40. The summed E-state index contributed by atoms with van der Waals surface area (Å²) in [5.74, 6) is 0. The van der Waals surface area contributed by atoms with Gasteiger partial charge in [0.1, 0.15) is 0 Å². The first-order valence-corrected chi connectivity index (χ1v) is 7.82. The Kier molecular flexibility index (Phi) is 5.77. The topological polar surface area (TPSA) is 38.0 Å². The summed E-state index contributed by atoms with van der Waals surface area (Å²) in [5.41, 5.74) is 11.4. The van der Waals surface area contributed by atoms with Crippen LogP contribution in [0.3, 0.4) is 0 Å².